The van der Waals surface area contributed by atoms with Gasteiger partial charge in [-0.1, -0.05) is 49.4 Å². The fourth-order valence-corrected chi connectivity index (χ4v) is 2.51. The summed E-state index contributed by atoms with van der Waals surface area (Å²) in [7, 11) is 0. The van der Waals surface area contributed by atoms with Gasteiger partial charge in [-0.3, -0.25) is 4.79 Å². The van der Waals surface area contributed by atoms with E-state index in [1.807, 2.05) is 80.3 Å². The highest BCUT2D eigenvalue weighted by Crippen LogP contribution is 2.19. The number of ether oxygens (including phenoxy) is 1. The molecule has 2 rings (SSSR count). The minimum atomic E-state index is -0.262. The van der Waals surface area contributed by atoms with Crippen LogP contribution in [0.4, 0.5) is 0 Å². The van der Waals surface area contributed by atoms with E-state index < -0.39 is 0 Å². The van der Waals surface area contributed by atoms with Gasteiger partial charge in [0, 0.05) is 12.1 Å². The van der Waals surface area contributed by atoms with E-state index >= 15 is 0 Å². The van der Waals surface area contributed by atoms with Crippen LogP contribution in [-0.4, -0.2) is 23.0 Å². The first-order valence-corrected chi connectivity index (χ1v) is 8.46. The van der Waals surface area contributed by atoms with Gasteiger partial charge in [0.05, 0.1) is 0 Å². The summed E-state index contributed by atoms with van der Waals surface area (Å²) >= 11 is 0. The first-order valence-electron chi connectivity index (χ1n) is 8.46. The number of hydrogen-bond acceptors (Lipinski definition) is 2. The van der Waals surface area contributed by atoms with Crippen molar-refractivity contribution in [3.05, 3.63) is 65.7 Å². The van der Waals surface area contributed by atoms with Crippen LogP contribution in [0.1, 0.15) is 38.8 Å². The van der Waals surface area contributed by atoms with E-state index in [1.54, 1.807) is 0 Å². The molecule has 3 nitrogen and oxygen atoms in total. The zero-order valence-electron chi connectivity index (χ0n) is 15.1. The summed E-state index contributed by atoms with van der Waals surface area (Å²) in [4.78, 5) is 14.6. The topological polar surface area (TPSA) is 29.5 Å². The standard InChI is InChI=1S/C21H27NO2/c1-5-17-11-13-19(14-12-17)24-16-20(23)22(21(2,3)4)15-18-9-7-6-8-10-18/h6-14H,5,15-16H2,1-4H3. The highest BCUT2D eigenvalue weighted by Gasteiger charge is 2.26. The second kappa shape index (κ2) is 8.00. The second-order valence-corrected chi connectivity index (χ2v) is 6.92. The Morgan fingerprint density at radius 3 is 2.12 bits per heavy atom. The van der Waals surface area contributed by atoms with E-state index in [2.05, 4.69) is 6.92 Å². The molecule has 2 aromatic rings. The lowest BCUT2D eigenvalue weighted by Gasteiger charge is -2.35. The number of carbonyl (C=O) groups excluding carboxylic acids is 1. The van der Waals surface area contributed by atoms with Crippen molar-refractivity contribution in [1.82, 2.24) is 4.90 Å². The lowest BCUT2D eigenvalue weighted by Crippen LogP contribution is -2.47. The molecule has 1 amide bonds. The predicted octanol–water partition coefficient (Wildman–Crippen LogP) is 4.46. The highest BCUT2D eigenvalue weighted by atomic mass is 16.5. The number of carbonyl (C=O) groups is 1. The first-order chi connectivity index (χ1) is 11.4. The van der Waals surface area contributed by atoms with Crippen LogP contribution in [0.2, 0.25) is 0 Å². The summed E-state index contributed by atoms with van der Waals surface area (Å²) in [5, 5.41) is 0. The summed E-state index contributed by atoms with van der Waals surface area (Å²) in [5.41, 5.74) is 2.12. The molecule has 0 N–H and O–H groups in total. The molecule has 24 heavy (non-hydrogen) atoms. The highest BCUT2D eigenvalue weighted by molar-refractivity contribution is 5.78. The molecule has 3 heteroatoms. The molecular weight excluding hydrogens is 298 g/mol. The van der Waals surface area contributed by atoms with Crippen LogP contribution in [0.5, 0.6) is 5.75 Å². The third kappa shape index (κ3) is 5.12. The molecule has 0 aliphatic rings. The molecule has 0 unspecified atom stereocenters. The predicted molar refractivity (Wildman–Crippen MR) is 98.1 cm³/mol. The Bertz CT molecular complexity index is 642. The Balaban J connectivity index is 2.02. The molecule has 0 heterocycles. The molecule has 0 saturated carbocycles. The van der Waals surface area contributed by atoms with Crippen molar-refractivity contribution >= 4 is 5.91 Å². The fourth-order valence-electron chi connectivity index (χ4n) is 2.51. The van der Waals surface area contributed by atoms with Crippen molar-refractivity contribution in [2.75, 3.05) is 6.61 Å². The molecule has 0 aliphatic heterocycles. The Morgan fingerprint density at radius 1 is 0.958 bits per heavy atom. The molecule has 128 valence electrons. The van der Waals surface area contributed by atoms with Crippen LogP contribution in [0.25, 0.3) is 0 Å². The zero-order chi connectivity index (χ0) is 17.6. The molecule has 0 aliphatic carbocycles. The monoisotopic (exact) mass is 325 g/mol. The lowest BCUT2D eigenvalue weighted by atomic mass is 10.0. The SMILES string of the molecule is CCc1ccc(OCC(=O)N(Cc2ccccc2)C(C)(C)C)cc1. The second-order valence-electron chi connectivity index (χ2n) is 6.92. The van der Waals surface area contributed by atoms with Crippen LogP contribution in [0, 0.1) is 0 Å². The summed E-state index contributed by atoms with van der Waals surface area (Å²) in [6.07, 6.45) is 0.994. The Hall–Kier alpha value is -2.29. The number of benzene rings is 2. The molecule has 0 spiro atoms. The summed E-state index contributed by atoms with van der Waals surface area (Å²) < 4.78 is 5.69. The normalized spacial score (nSPS) is 11.2. The maximum Gasteiger partial charge on any atom is 0.261 e. The molecule has 0 atom stereocenters. The van der Waals surface area contributed by atoms with Crippen molar-refractivity contribution < 1.29 is 9.53 Å². The molecule has 0 radical (unpaired) electrons. The van der Waals surface area contributed by atoms with Gasteiger partial charge in [-0.25, -0.2) is 0 Å². The molecule has 0 aromatic heterocycles. The average Bonchev–Trinajstić information content (AvgIpc) is 2.58. The Kier molecular flexibility index (Phi) is 6.02. The van der Waals surface area contributed by atoms with Gasteiger partial charge in [0.25, 0.3) is 5.91 Å². The largest absolute Gasteiger partial charge is 0.484 e. The van der Waals surface area contributed by atoms with E-state index in [1.165, 1.54) is 5.56 Å². The van der Waals surface area contributed by atoms with Crippen molar-refractivity contribution in [3.8, 4) is 5.75 Å². The van der Waals surface area contributed by atoms with E-state index in [-0.39, 0.29) is 18.1 Å². The van der Waals surface area contributed by atoms with Gasteiger partial charge >= 0.3 is 0 Å². The Labute approximate surface area is 145 Å². The van der Waals surface area contributed by atoms with Crippen LogP contribution >= 0.6 is 0 Å². The number of rotatable bonds is 6. The van der Waals surface area contributed by atoms with Gasteiger partial charge in [-0.2, -0.15) is 0 Å². The molecular formula is C21H27NO2. The minimum absolute atomic E-state index is 0.00841. The van der Waals surface area contributed by atoms with Crippen LogP contribution in [0.15, 0.2) is 54.6 Å². The molecule has 0 bridgehead atoms. The Morgan fingerprint density at radius 2 is 1.58 bits per heavy atom. The third-order valence-corrected chi connectivity index (χ3v) is 3.99. The quantitative estimate of drug-likeness (QED) is 0.785. The van der Waals surface area contributed by atoms with Crippen molar-refractivity contribution in [2.45, 2.75) is 46.2 Å². The van der Waals surface area contributed by atoms with Crippen molar-refractivity contribution in [2.24, 2.45) is 0 Å². The van der Waals surface area contributed by atoms with Gasteiger partial charge in [0.2, 0.25) is 0 Å². The van der Waals surface area contributed by atoms with Crippen molar-refractivity contribution in [3.63, 3.8) is 0 Å². The number of hydrogen-bond donors (Lipinski definition) is 0. The number of amides is 1. The van der Waals surface area contributed by atoms with E-state index in [0.29, 0.717) is 6.54 Å². The molecule has 0 saturated heterocycles. The van der Waals surface area contributed by atoms with Crippen LogP contribution in [0.3, 0.4) is 0 Å². The maximum absolute atomic E-state index is 12.7. The lowest BCUT2D eigenvalue weighted by molar-refractivity contribution is -0.139. The maximum atomic E-state index is 12.7. The zero-order valence-corrected chi connectivity index (χ0v) is 15.1. The van der Waals surface area contributed by atoms with Crippen LogP contribution in [-0.2, 0) is 17.8 Å². The molecule has 2 aromatic carbocycles. The van der Waals surface area contributed by atoms with E-state index in [9.17, 15) is 4.79 Å². The van der Waals surface area contributed by atoms with E-state index in [4.69, 9.17) is 4.74 Å². The summed E-state index contributed by atoms with van der Waals surface area (Å²) in [5.74, 6) is 0.722. The summed E-state index contributed by atoms with van der Waals surface area (Å²) in [6.45, 7) is 8.89. The van der Waals surface area contributed by atoms with Crippen molar-refractivity contribution in [1.29, 1.82) is 0 Å². The smallest absolute Gasteiger partial charge is 0.261 e. The fraction of sp³-hybridized carbons (Fsp3) is 0.381. The van der Waals surface area contributed by atoms with Gasteiger partial charge in [-0.05, 0) is 50.5 Å². The summed E-state index contributed by atoms with van der Waals surface area (Å²) in [6, 6.07) is 18.0. The number of nitrogens with zero attached hydrogens (tertiary/aromatic N) is 1. The third-order valence-electron chi connectivity index (χ3n) is 3.99. The van der Waals surface area contributed by atoms with Crippen LogP contribution < -0.4 is 4.74 Å². The van der Waals surface area contributed by atoms with Gasteiger partial charge < -0.3 is 9.64 Å². The van der Waals surface area contributed by atoms with Gasteiger partial charge in [-0.15, -0.1) is 0 Å². The average molecular weight is 325 g/mol. The van der Waals surface area contributed by atoms with Gasteiger partial charge in [0.1, 0.15) is 5.75 Å². The van der Waals surface area contributed by atoms with Gasteiger partial charge in [0.15, 0.2) is 6.61 Å². The molecule has 0 fully saturated rings. The minimum Gasteiger partial charge on any atom is -0.484 e. The first kappa shape index (κ1) is 18.1. The van der Waals surface area contributed by atoms with E-state index in [0.717, 1.165) is 17.7 Å². The number of aryl methyl sites for hydroxylation is 1.